The summed E-state index contributed by atoms with van der Waals surface area (Å²) in [5.74, 6) is 1.70. The molecule has 1 saturated carbocycles. The number of hydrogen-bond acceptors (Lipinski definition) is 2. The van der Waals surface area contributed by atoms with E-state index in [9.17, 15) is 0 Å². The Morgan fingerprint density at radius 2 is 1.68 bits per heavy atom. The maximum absolute atomic E-state index is 5.68. The molecule has 19 heavy (non-hydrogen) atoms. The molecule has 0 heterocycles. The highest BCUT2D eigenvalue weighted by molar-refractivity contribution is 9.10. The first-order valence-electron chi connectivity index (χ1n) is 6.95. The maximum atomic E-state index is 5.68. The van der Waals surface area contributed by atoms with Crippen LogP contribution in [0.15, 0.2) is 28.7 Å². The molecule has 1 aliphatic rings. The number of nitrogens with one attached hydrogen (secondary N) is 1. The molecule has 1 aliphatic carbocycles. The fourth-order valence-corrected chi connectivity index (χ4v) is 3.13. The summed E-state index contributed by atoms with van der Waals surface area (Å²) in [5.41, 5.74) is 0.930. The molecular weight excluding hydrogens is 302 g/mol. The second kappa shape index (κ2) is 5.45. The summed E-state index contributed by atoms with van der Waals surface area (Å²) in [6.07, 6.45) is 0. The monoisotopic (exact) mass is 325 g/mol. The zero-order valence-corrected chi connectivity index (χ0v) is 13.9. The van der Waals surface area contributed by atoms with Crippen LogP contribution in [0.4, 0.5) is 0 Å². The van der Waals surface area contributed by atoms with Crippen molar-refractivity contribution in [1.29, 1.82) is 0 Å². The summed E-state index contributed by atoms with van der Waals surface area (Å²) in [4.78, 5) is 0. The Hall–Kier alpha value is -0.540. The van der Waals surface area contributed by atoms with Gasteiger partial charge in [-0.25, -0.2) is 0 Å². The van der Waals surface area contributed by atoms with Crippen molar-refractivity contribution < 1.29 is 4.74 Å². The zero-order valence-electron chi connectivity index (χ0n) is 12.3. The van der Waals surface area contributed by atoms with Crippen LogP contribution >= 0.6 is 15.9 Å². The molecule has 2 nitrogen and oxygen atoms in total. The normalized spacial score (nSPS) is 20.3. The summed E-state index contributed by atoms with van der Waals surface area (Å²) in [7, 11) is 0. The lowest BCUT2D eigenvalue weighted by molar-refractivity contribution is 0.311. The van der Waals surface area contributed by atoms with Gasteiger partial charge in [0, 0.05) is 11.0 Å². The van der Waals surface area contributed by atoms with E-state index in [0.29, 0.717) is 10.8 Å². The van der Waals surface area contributed by atoms with Crippen molar-refractivity contribution in [2.45, 2.75) is 27.7 Å². The van der Waals surface area contributed by atoms with E-state index in [1.165, 1.54) is 0 Å². The van der Waals surface area contributed by atoms with Gasteiger partial charge in [0.15, 0.2) is 0 Å². The molecule has 1 aromatic carbocycles. The van der Waals surface area contributed by atoms with Crippen LogP contribution in [0.3, 0.4) is 0 Å². The van der Waals surface area contributed by atoms with E-state index in [0.717, 1.165) is 35.8 Å². The molecule has 0 spiro atoms. The lowest BCUT2D eigenvalue weighted by Crippen LogP contribution is -2.24. The molecule has 1 fully saturated rings. The average molecular weight is 326 g/mol. The summed E-state index contributed by atoms with van der Waals surface area (Å²) in [6, 6.07) is 7.96. The van der Waals surface area contributed by atoms with Crippen LogP contribution in [0.5, 0.6) is 5.75 Å². The molecular formula is C16H24BrNO. The van der Waals surface area contributed by atoms with Crippen LogP contribution in [-0.4, -0.2) is 19.7 Å². The van der Waals surface area contributed by atoms with Crippen LogP contribution in [0.25, 0.3) is 0 Å². The minimum absolute atomic E-state index is 0.465. The Bertz CT molecular complexity index is 411. The van der Waals surface area contributed by atoms with Gasteiger partial charge in [0.25, 0.3) is 0 Å². The molecule has 0 atom stereocenters. The Kier molecular flexibility index (Phi) is 4.26. The van der Waals surface area contributed by atoms with Crippen LogP contribution in [-0.2, 0) is 0 Å². The molecule has 1 N–H and O–H groups in total. The van der Waals surface area contributed by atoms with Crippen molar-refractivity contribution in [2.24, 2.45) is 16.7 Å². The number of ether oxygens (including phenoxy) is 1. The number of halogens is 1. The molecule has 0 radical (unpaired) electrons. The minimum Gasteiger partial charge on any atom is -0.492 e. The van der Waals surface area contributed by atoms with Crippen LogP contribution in [0.2, 0.25) is 0 Å². The molecule has 0 unspecified atom stereocenters. The van der Waals surface area contributed by atoms with Gasteiger partial charge in [-0.05, 0) is 47.6 Å². The van der Waals surface area contributed by atoms with Crippen molar-refractivity contribution in [3.05, 3.63) is 28.7 Å². The lowest BCUT2D eigenvalue weighted by Gasteiger charge is -2.08. The third kappa shape index (κ3) is 3.14. The van der Waals surface area contributed by atoms with E-state index in [2.05, 4.69) is 48.9 Å². The van der Waals surface area contributed by atoms with Crippen molar-refractivity contribution >= 4 is 15.9 Å². The molecule has 2 rings (SSSR count). The van der Waals surface area contributed by atoms with E-state index in [1.54, 1.807) is 0 Å². The maximum Gasteiger partial charge on any atom is 0.119 e. The lowest BCUT2D eigenvalue weighted by atomic mass is 10.0. The fraction of sp³-hybridized carbons (Fsp3) is 0.625. The van der Waals surface area contributed by atoms with E-state index >= 15 is 0 Å². The third-order valence-electron chi connectivity index (χ3n) is 5.03. The predicted molar refractivity (Wildman–Crippen MR) is 83.6 cm³/mol. The van der Waals surface area contributed by atoms with Gasteiger partial charge < -0.3 is 10.1 Å². The van der Waals surface area contributed by atoms with Gasteiger partial charge in [-0.3, -0.25) is 0 Å². The molecule has 0 amide bonds. The summed E-state index contributed by atoms with van der Waals surface area (Å²) >= 11 is 3.41. The van der Waals surface area contributed by atoms with Gasteiger partial charge in [-0.2, -0.15) is 0 Å². The number of hydrogen-bond donors (Lipinski definition) is 1. The molecule has 0 saturated heterocycles. The van der Waals surface area contributed by atoms with Crippen molar-refractivity contribution in [3.8, 4) is 5.75 Å². The third-order valence-corrected chi connectivity index (χ3v) is 5.56. The van der Waals surface area contributed by atoms with E-state index < -0.39 is 0 Å². The zero-order chi connectivity index (χ0) is 14.1. The van der Waals surface area contributed by atoms with Gasteiger partial charge in [-0.1, -0.05) is 43.6 Å². The van der Waals surface area contributed by atoms with E-state index in [4.69, 9.17) is 4.74 Å². The van der Waals surface area contributed by atoms with Gasteiger partial charge in [0.2, 0.25) is 0 Å². The second-order valence-corrected chi connectivity index (χ2v) is 7.42. The van der Waals surface area contributed by atoms with Crippen LogP contribution in [0.1, 0.15) is 27.7 Å². The highest BCUT2D eigenvalue weighted by Gasteiger charge is 2.63. The Morgan fingerprint density at radius 1 is 1.11 bits per heavy atom. The number of rotatable bonds is 6. The quantitative estimate of drug-likeness (QED) is 0.795. The predicted octanol–water partition coefficient (Wildman–Crippen LogP) is 4.10. The van der Waals surface area contributed by atoms with E-state index in [1.807, 2.05) is 24.3 Å². The fourth-order valence-electron chi connectivity index (χ4n) is 2.86. The average Bonchev–Trinajstić information content (AvgIpc) is 2.73. The number of benzene rings is 1. The first-order chi connectivity index (χ1) is 8.85. The Balaban J connectivity index is 1.62. The van der Waals surface area contributed by atoms with Crippen molar-refractivity contribution in [1.82, 2.24) is 5.32 Å². The van der Waals surface area contributed by atoms with Crippen LogP contribution < -0.4 is 10.1 Å². The van der Waals surface area contributed by atoms with Gasteiger partial charge in [-0.15, -0.1) is 0 Å². The van der Waals surface area contributed by atoms with Crippen molar-refractivity contribution in [3.63, 3.8) is 0 Å². The Morgan fingerprint density at radius 3 is 2.21 bits per heavy atom. The van der Waals surface area contributed by atoms with Crippen LogP contribution in [0, 0.1) is 16.7 Å². The highest BCUT2D eigenvalue weighted by Crippen LogP contribution is 2.67. The Labute approximate surface area is 125 Å². The molecule has 1 aromatic rings. The first-order valence-corrected chi connectivity index (χ1v) is 7.74. The molecule has 0 bridgehead atoms. The molecule has 0 aliphatic heterocycles. The minimum atomic E-state index is 0.465. The molecule has 3 heteroatoms. The standard InChI is InChI=1S/C16H24BrNO/c1-15(2)14(16(15,3)4)11-18-9-10-19-13-7-5-12(17)6-8-13/h5-8,14,18H,9-11H2,1-4H3. The summed E-state index contributed by atoms with van der Waals surface area (Å²) in [6.45, 7) is 12.1. The molecule has 0 aromatic heterocycles. The van der Waals surface area contributed by atoms with Crippen molar-refractivity contribution in [2.75, 3.05) is 19.7 Å². The SMILES string of the molecule is CC1(C)C(CNCCOc2ccc(Br)cc2)C1(C)C. The highest BCUT2D eigenvalue weighted by atomic mass is 79.9. The topological polar surface area (TPSA) is 21.3 Å². The summed E-state index contributed by atoms with van der Waals surface area (Å²) < 4.78 is 6.76. The summed E-state index contributed by atoms with van der Waals surface area (Å²) in [5, 5.41) is 3.51. The largest absolute Gasteiger partial charge is 0.492 e. The smallest absolute Gasteiger partial charge is 0.119 e. The van der Waals surface area contributed by atoms with E-state index in [-0.39, 0.29) is 0 Å². The first kappa shape index (κ1) is 14.9. The van der Waals surface area contributed by atoms with Gasteiger partial charge >= 0.3 is 0 Å². The second-order valence-electron chi connectivity index (χ2n) is 6.50. The van der Waals surface area contributed by atoms with Gasteiger partial charge in [0.05, 0.1) is 0 Å². The molecule has 106 valence electrons. The van der Waals surface area contributed by atoms with Gasteiger partial charge in [0.1, 0.15) is 12.4 Å².